The summed E-state index contributed by atoms with van der Waals surface area (Å²) in [5.41, 5.74) is 1.18. The number of fused-ring (bicyclic) bond motifs is 1. The van der Waals surface area contributed by atoms with Crippen LogP contribution in [0.1, 0.15) is 16.8 Å². The van der Waals surface area contributed by atoms with E-state index in [1.165, 1.54) is 16.2 Å². The molecule has 1 unspecified atom stereocenters. The Balaban J connectivity index is 2.01. The number of carbonyl (C=O) groups excluding carboxylic acids is 1. The Hall–Kier alpha value is -2.34. The second-order valence-electron chi connectivity index (χ2n) is 4.72. The molecule has 6 heteroatoms. The van der Waals surface area contributed by atoms with E-state index in [0.717, 1.165) is 0 Å². The number of hydrogen-bond donors (Lipinski definition) is 1. The molecule has 0 radical (unpaired) electrons. The molecular weight excluding hydrogens is 290 g/mol. The third-order valence-electron chi connectivity index (χ3n) is 3.32. The number of ether oxygens (including phenoxy) is 1. The molecule has 108 valence electrons. The van der Waals surface area contributed by atoms with Crippen LogP contribution in [0.2, 0.25) is 0 Å². The van der Waals surface area contributed by atoms with Crippen molar-refractivity contribution >= 4 is 28.9 Å². The Bertz CT molecular complexity index is 668. The zero-order valence-corrected chi connectivity index (χ0v) is 11.9. The minimum atomic E-state index is -0.953. The number of nitrogens with zero attached hydrogens (tertiary/aromatic N) is 1. The lowest BCUT2D eigenvalue weighted by Gasteiger charge is -2.36. The number of carboxylic acid groups (broad SMARTS) is 1. The van der Waals surface area contributed by atoms with Crippen molar-refractivity contribution in [1.29, 1.82) is 0 Å². The Morgan fingerprint density at radius 1 is 1.33 bits per heavy atom. The third kappa shape index (κ3) is 2.62. The van der Waals surface area contributed by atoms with Crippen LogP contribution in [0.25, 0.3) is 0 Å². The van der Waals surface area contributed by atoms with E-state index in [0.29, 0.717) is 17.0 Å². The molecule has 0 spiro atoms. The molecule has 0 saturated heterocycles. The van der Waals surface area contributed by atoms with Crippen LogP contribution < -0.4 is 9.64 Å². The fourth-order valence-corrected chi connectivity index (χ4v) is 3.02. The topological polar surface area (TPSA) is 66.8 Å². The average molecular weight is 303 g/mol. The first-order valence-corrected chi connectivity index (χ1v) is 7.40. The van der Waals surface area contributed by atoms with Crippen molar-refractivity contribution in [2.24, 2.45) is 0 Å². The molecule has 0 saturated carbocycles. The van der Waals surface area contributed by atoms with Crippen LogP contribution in [0.4, 0.5) is 5.69 Å². The van der Waals surface area contributed by atoms with Gasteiger partial charge < -0.3 is 9.84 Å². The number of carboxylic acids is 1. The van der Waals surface area contributed by atoms with E-state index >= 15 is 0 Å². The first kappa shape index (κ1) is 13.6. The first-order chi connectivity index (χ1) is 10.2. The van der Waals surface area contributed by atoms with Gasteiger partial charge in [-0.25, -0.2) is 0 Å². The normalized spacial score (nSPS) is 17.0. The minimum absolute atomic E-state index is 0.149. The molecule has 3 rings (SSSR count). The van der Waals surface area contributed by atoms with Crippen LogP contribution in [0.3, 0.4) is 0 Å². The van der Waals surface area contributed by atoms with E-state index in [1.54, 1.807) is 29.6 Å². The van der Waals surface area contributed by atoms with E-state index < -0.39 is 12.0 Å². The minimum Gasteiger partial charge on any atom is -0.489 e. The van der Waals surface area contributed by atoms with Gasteiger partial charge in [-0.05, 0) is 23.6 Å². The number of thiophene rings is 1. The number of aliphatic carboxylic acids is 1. The van der Waals surface area contributed by atoms with Gasteiger partial charge in [0.25, 0.3) is 5.91 Å². The van der Waals surface area contributed by atoms with Crippen molar-refractivity contribution in [1.82, 2.24) is 0 Å². The number of para-hydroxylation sites is 2. The average Bonchev–Trinajstić information content (AvgIpc) is 3.00. The highest BCUT2D eigenvalue weighted by atomic mass is 32.1. The second kappa shape index (κ2) is 5.57. The molecule has 2 aromatic rings. The van der Waals surface area contributed by atoms with Crippen LogP contribution in [0.15, 0.2) is 41.1 Å². The van der Waals surface area contributed by atoms with Crippen molar-refractivity contribution in [3.8, 4) is 5.75 Å². The predicted molar refractivity (Wildman–Crippen MR) is 79.1 cm³/mol. The first-order valence-electron chi connectivity index (χ1n) is 6.46. The molecule has 0 fully saturated rings. The highest BCUT2D eigenvalue weighted by Gasteiger charge is 2.34. The molecule has 0 bridgehead atoms. The maximum absolute atomic E-state index is 12.7. The monoisotopic (exact) mass is 303 g/mol. The molecule has 5 nitrogen and oxygen atoms in total. The van der Waals surface area contributed by atoms with Gasteiger partial charge in [-0.15, -0.1) is 0 Å². The lowest BCUT2D eigenvalue weighted by atomic mass is 10.1. The number of rotatable bonds is 3. The largest absolute Gasteiger partial charge is 0.489 e. The molecule has 0 aliphatic carbocycles. The molecule has 1 aliphatic rings. The van der Waals surface area contributed by atoms with E-state index in [-0.39, 0.29) is 18.9 Å². The lowest BCUT2D eigenvalue weighted by molar-refractivity contribution is -0.137. The number of amides is 1. The molecule has 1 aromatic heterocycles. The molecule has 2 heterocycles. The van der Waals surface area contributed by atoms with E-state index in [1.807, 2.05) is 11.4 Å². The maximum atomic E-state index is 12.7. The summed E-state index contributed by atoms with van der Waals surface area (Å²) in [6, 6.07) is 8.41. The fourth-order valence-electron chi connectivity index (χ4n) is 2.39. The van der Waals surface area contributed by atoms with Gasteiger partial charge in [0, 0.05) is 5.38 Å². The number of benzene rings is 1. The van der Waals surface area contributed by atoms with Crippen molar-refractivity contribution in [3.05, 3.63) is 46.7 Å². The van der Waals surface area contributed by atoms with Crippen LogP contribution in [-0.2, 0) is 4.79 Å². The summed E-state index contributed by atoms with van der Waals surface area (Å²) in [7, 11) is 0. The number of hydrogen-bond acceptors (Lipinski definition) is 4. The van der Waals surface area contributed by atoms with Gasteiger partial charge in [0.05, 0.1) is 23.7 Å². The SMILES string of the molecule is O=C(O)CC1COc2ccccc2N1C(=O)c1ccsc1. The summed E-state index contributed by atoms with van der Waals surface area (Å²) >= 11 is 1.43. The summed E-state index contributed by atoms with van der Waals surface area (Å²) in [5, 5.41) is 12.6. The van der Waals surface area contributed by atoms with Gasteiger partial charge in [0.2, 0.25) is 0 Å². The highest BCUT2D eigenvalue weighted by molar-refractivity contribution is 7.08. The number of anilines is 1. The Morgan fingerprint density at radius 2 is 2.14 bits per heavy atom. The quantitative estimate of drug-likeness (QED) is 0.946. The zero-order valence-electron chi connectivity index (χ0n) is 11.1. The van der Waals surface area contributed by atoms with E-state index in [2.05, 4.69) is 0 Å². The van der Waals surface area contributed by atoms with Crippen molar-refractivity contribution in [2.75, 3.05) is 11.5 Å². The van der Waals surface area contributed by atoms with E-state index in [4.69, 9.17) is 9.84 Å². The molecule has 1 aromatic carbocycles. The third-order valence-corrected chi connectivity index (χ3v) is 4.00. The molecule has 1 aliphatic heterocycles. The summed E-state index contributed by atoms with van der Waals surface area (Å²) in [6.07, 6.45) is -0.149. The maximum Gasteiger partial charge on any atom is 0.305 e. The number of carbonyl (C=O) groups is 2. The lowest BCUT2D eigenvalue weighted by Crippen LogP contribution is -2.47. The summed E-state index contributed by atoms with van der Waals surface area (Å²) in [4.78, 5) is 25.3. The Labute approximate surface area is 125 Å². The molecule has 1 N–H and O–H groups in total. The van der Waals surface area contributed by atoms with Gasteiger partial charge in [0.1, 0.15) is 12.4 Å². The summed E-state index contributed by atoms with van der Waals surface area (Å²) < 4.78 is 5.58. The Kier molecular flexibility index (Phi) is 3.62. The van der Waals surface area contributed by atoms with Gasteiger partial charge in [0.15, 0.2) is 0 Å². The van der Waals surface area contributed by atoms with Gasteiger partial charge >= 0.3 is 5.97 Å². The van der Waals surface area contributed by atoms with Crippen molar-refractivity contribution in [2.45, 2.75) is 12.5 Å². The van der Waals surface area contributed by atoms with E-state index in [9.17, 15) is 9.59 Å². The highest BCUT2D eigenvalue weighted by Crippen LogP contribution is 2.35. The molecular formula is C15H13NO4S. The standard InChI is InChI=1S/C15H13NO4S/c17-14(18)7-11-8-20-13-4-2-1-3-12(13)16(11)15(19)10-5-6-21-9-10/h1-6,9,11H,7-8H2,(H,17,18). The van der Waals surface area contributed by atoms with Crippen LogP contribution in [0, 0.1) is 0 Å². The Morgan fingerprint density at radius 3 is 2.86 bits per heavy atom. The van der Waals surface area contributed by atoms with Gasteiger partial charge in [-0.1, -0.05) is 12.1 Å². The fraction of sp³-hybridized carbons (Fsp3) is 0.200. The van der Waals surface area contributed by atoms with Gasteiger partial charge in [-0.3, -0.25) is 14.5 Å². The van der Waals surface area contributed by atoms with Crippen LogP contribution in [-0.4, -0.2) is 29.6 Å². The van der Waals surface area contributed by atoms with Crippen molar-refractivity contribution < 1.29 is 19.4 Å². The van der Waals surface area contributed by atoms with Crippen molar-refractivity contribution in [3.63, 3.8) is 0 Å². The molecule has 1 amide bonds. The second-order valence-corrected chi connectivity index (χ2v) is 5.50. The predicted octanol–water partition coefficient (Wildman–Crippen LogP) is 2.63. The van der Waals surface area contributed by atoms with Crippen LogP contribution >= 0.6 is 11.3 Å². The summed E-state index contributed by atoms with van der Waals surface area (Å²) in [5.74, 6) is -0.549. The zero-order chi connectivity index (χ0) is 14.8. The molecule has 1 atom stereocenters. The van der Waals surface area contributed by atoms with Gasteiger partial charge in [-0.2, -0.15) is 11.3 Å². The summed E-state index contributed by atoms with van der Waals surface area (Å²) in [6.45, 7) is 0.180. The molecule has 21 heavy (non-hydrogen) atoms. The van der Waals surface area contributed by atoms with Crippen LogP contribution in [0.5, 0.6) is 5.75 Å². The smallest absolute Gasteiger partial charge is 0.305 e.